The van der Waals surface area contributed by atoms with E-state index >= 15 is 0 Å². The number of rotatable bonds is 0. The quantitative estimate of drug-likeness (QED) is 0.648. The molecule has 0 saturated heterocycles. The maximum absolute atomic E-state index is 11.5. The molecule has 1 atom stereocenters. The fourth-order valence-corrected chi connectivity index (χ4v) is 1.75. The normalized spacial score (nSPS) is 19.7. The number of carbonyl (C=O) groups is 1. The second kappa shape index (κ2) is 3.37. The van der Waals surface area contributed by atoms with Gasteiger partial charge in [-0.25, -0.2) is 0 Å². The highest BCUT2D eigenvalue weighted by atomic mass is 16.5. The van der Waals surface area contributed by atoms with E-state index in [1.54, 1.807) is 19.1 Å². The molecular weight excluding hydrogens is 192 g/mol. The molecule has 1 aromatic carbocycles. The number of hydroxylamine groups is 1. The van der Waals surface area contributed by atoms with Gasteiger partial charge < -0.3 is 0 Å². The number of hydrogen-bond donors (Lipinski definition) is 1. The summed E-state index contributed by atoms with van der Waals surface area (Å²) in [5.41, 5.74) is 1.76. The Kier molecular flexibility index (Phi) is 2.18. The standard InChI is InChI=1S/C11H10N2O2/c1-7-4-9-3-2-8(6-12)5-10(9)13(15)11(7)14/h2-3,5,7,15H,4H2,1H3. The molecule has 0 radical (unpaired) electrons. The molecule has 1 aromatic rings. The first-order chi connectivity index (χ1) is 7.13. The summed E-state index contributed by atoms with van der Waals surface area (Å²) in [6, 6.07) is 6.97. The van der Waals surface area contributed by atoms with Gasteiger partial charge in [0.05, 0.1) is 17.3 Å². The van der Waals surface area contributed by atoms with E-state index in [1.807, 2.05) is 6.07 Å². The molecule has 0 spiro atoms. The molecule has 15 heavy (non-hydrogen) atoms. The molecular formula is C11H10N2O2. The molecule has 1 amide bonds. The summed E-state index contributed by atoms with van der Waals surface area (Å²) in [5.74, 6) is -0.534. The van der Waals surface area contributed by atoms with Crippen molar-refractivity contribution in [3.8, 4) is 6.07 Å². The Morgan fingerprint density at radius 1 is 1.60 bits per heavy atom. The zero-order valence-corrected chi connectivity index (χ0v) is 8.27. The predicted octanol–water partition coefficient (Wildman–Crippen LogP) is 1.47. The lowest BCUT2D eigenvalue weighted by atomic mass is 9.93. The zero-order chi connectivity index (χ0) is 11.0. The number of nitriles is 1. The summed E-state index contributed by atoms with van der Waals surface area (Å²) in [4.78, 5) is 11.5. The molecule has 0 fully saturated rings. The van der Waals surface area contributed by atoms with Gasteiger partial charge in [0.1, 0.15) is 0 Å². The van der Waals surface area contributed by atoms with E-state index in [9.17, 15) is 10.0 Å². The molecule has 0 aliphatic carbocycles. The van der Waals surface area contributed by atoms with Crippen LogP contribution in [0.1, 0.15) is 18.1 Å². The van der Waals surface area contributed by atoms with Crippen LogP contribution >= 0.6 is 0 Å². The summed E-state index contributed by atoms with van der Waals surface area (Å²) in [6.07, 6.45) is 0.608. The molecule has 2 rings (SSSR count). The van der Waals surface area contributed by atoms with Crippen LogP contribution in [0.25, 0.3) is 0 Å². The second-order valence-corrected chi connectivity index (χ2v) is 3.71. The van der Waals surface area contributed by atoms with Crippen LogP contribution in [0.4, 0.5) is 5.69 Å². The number of amides is 1. The number of carbonyl (C=O) groups excluding carboxylic acids is 1. The van der Waals surface area contributed by atoms with Crippen LogP contribution in [-0.4, -0.2) is 11.1 Å². The largest absolute Gasteiger partial charge is 0.281 e. The first-order valence-corrected chi connectivity index (χ1v) is 4.69. The number of hydrogen-bond acceptors (Lipinski definition) is 3. The van der Waals surface area contributed by atoms with Gasteiger partial charge in [-0.2, -0.15) is 10.3 Å². The van der Waals surface area contributed by atoms with Crippen molar-refractivity contribution < 1.29 is 10.0 Å². The SMILES string of the molecule is CC1Cc2ccc(C#N)cc2N(O)C1=O. The molecule has 0 saturated carbocycles. The van der Waals surface area contributed by atoms with E-state index in [0.29, 0.717) is 22.7 Å². The van der Waals surface area contributed by atoms with Crippen LogP contribution in [0.3, 0.4) is 0 Å². The smallest absolute Gasteiger partial charge is 0.253 e. The minimum Gasteiger partial charge on any atom is -0.281 e. The van der Waals surface area contributed by atoms with Crippen LogP contribution in [0, 0.1) is 17.2 Å². The van der Waals surface area contributed by atoms with Gasteiger partial charge in [0.2, 0.25) is 0 Å². The van der Waals surface area contributed by atoms with Crippen LogP contribution in [0.15, 0.2) is 18.2 Å². The van der Waals surface area contributed by atoms with Gasteiger partial charge in [-0.1, -0.05) is 13.0 Å². The van der Waals surface area contributed by atoms with E-state index in [4.69, 9.17) is 5.26 Å². The number of nitrogens with zero attached hydrogens (tertiary/aromatic N) is 2. The fourth-order valence-electron chi connectivity index (χ4n) is 1.75. The van der Waals surface area contributed by atoms with Crippen LogP contribution in [-0.2, 0) is 11.2 Å². The summed E-state index contributed by atoms with van der Waals surface area (Å²) < 4.78 is 0. The Morgan fingerprint density at radius 2 is 2.33 bits per heavy atom. The van der Waals surface area contributed by atoms with Gasteiger partial charge in [-0.05, 0) is 24.1 Å². The average molecular weight is 202 g/mol. The fraction of sp³-hybridized carbons (Fsp3) is 0.273. The molecule has 0 bridgehead atoms. The van der Waals surface area contributed by atoms with Crippen molar-refractivity contribution in [2.24, 2.45) is 5.92 Å². The third-order valence-corrected chi connectivity index (χ3v) is 2.60. The van der Waals surface area contributed by atoms with Gasteiger partial charge in [-0.15, -0.1) is 0 Å². The minimum atomic E-state index is -0.322. The van der Waals surface area contributed by atoms with Crippen LogP contribution < -0.4 is 5.06 Å². The first kappa shape index (κ1) is 9.69. The van der Waals surface area contributed by atoms with Crippen molar-refractivity contribution in [1.29, 1.82) is 5.26 Å². The van der Waals surface area contributed by atoms with E-state index in [0.717, 1.165) is 5.56 Å². The lowest BCUT2D eigenvalue weighted by Crippen LogP contribution is -2.37. The topological polar surface area (TPSA) is 64.3 Å². The molecule has 4 heteroatoms. The van der Waals surface area contributed by atoms with Gasteiger partial charge in [0, 0.05) is 5.92 Å². The summed E-state index contributed by atoms with van der Waals surface area (Å²) in [5, 5.41) is 18.9. The van der Waals surface area contributed by atoms with Crippen molar-refractivity contribution in [3.05, 3.63) is 29.3 Å². The Hall–Kier alpha value is -1.86. The molecule has 1 heterocycles. The molecule has 1 aliphatic rings. The van der Waals surface area contributed by atoms with Gasteiger partial charge in [-0.3, -0.25) is 10.0 Å². The third-order valence-electron chi connectivity index (χ3n) is 2.60. The zero-order valence-electron chi connectivity index (χ0n) is 8.27. The van der Waals surface area contributed by atoms with Crippen molar-refractivity contribution in [2.75, 3.05) is 5.06 Å². The maximum Gasteiger partial charge on any atom is 0.253 e. The molecule has 1 N–H and O–H groups in total. The lowest BCUT2D eigenvalue weighted by molar-refractivity contribution is -0.127. The van der Waals surface area contributed by atoms with E-state index in [-0.39, 0.29) is 11.8 Å². The van der Waals surface area contributed by atoms with E-state index in [2.05, 4.69) is 0 Å². The van der Waals surface area contributed by atoms with Crippen LogP contribution in [0.5, 0.6) is 0 Å². The summed E-state index contributed by atoms with van der Waals surface area (Å²) in [7, 11) is 0. The average Bonchev–Trinajstić information content (AvgIpc) is 2.26. The number of benzene rings is 1. The highest BCUT2D eigenvalue weighted by molar-refractivity contribution is 5.95. The second-order valence-electron chi connectivity index (χ2n) is 3.71. The van der Waals surface area contributed by atoms with Crippen LogP contribution in [0.2, 0.25) is 0 Å². The predicted molar refractivity (Wildman–Crippen MR) is 53.3 cm³/mol. The number of anilines is 1. The van der Waals surface area contributed by atoms with Gasteiger partial charge in [0.15, 0.2) is 0 Å². The van der Waals surface area contributed by atoms with Crippen molar-refractivity contribution in [3.63, 3.8) is 0 Å². The van der Waals surface area contributed by atoms with Gasteiger partial charge >= 0.3 is 0 Å². The summed E-state index contributed by atoms with van der Waals surface area (Å²) >= 11 is 0. The molecule has 4 nitrogen and oxygen atoms in total. The number of fused-ring (bicyclic) bond motifs is 1. The maximum atomic E-state index is 11.5. The monoisotopic (exact) mass is 202 g/mol. The third kappa shape index (κ3) is 1.47. The highest BCUT2D eigenvalue weighted by Crippen LogP contribution is 2.29. The van der Waals surface area contributed by atoms with Crippen molar-refractivity contribution in [2.45, 2.75) is 13.3 Å². The molecule has 0 aromatic heterocycles. The molecule has 1 aliphatic heterocycles. The van der Waals surface area contributed by atoms with E-state index < -0.39 is 0 Å². The Labute approximate surface area is 87.3 Å². The summed E-state index contributed by atoms with van der Waals surface area (Å²) in [6.45, 7) is 1.77. The lowest BCUT2D eigenvalue weighted by Gasteiger charge is -2.27. The van der Waals surface area contributed by atoms with Gasteiger partial charge in [0.25, 0.3) is 5.91 Å². The van der Waals surface area contributed by atoms with E-state index in [1.165, 1.54) is 6.07 Å². The molecule has 1 unspecified atom stereocenters. The minimum absolute atomic E-state index is 0.213. The Morgan fingerprint density at radius 3 is 3.00 bits per heavy atom. The highest BCUT2D eigenvalue weighted by Gasteiger charge is 2.29. The molecule has 76 valence electrons. The Balaban J connectivity index is 2.52. The van der Waals surface area contributed by atoms with Crippen molar-refractivity contribution >= 4 is 11.6 Å². The Bertz CT molecular complexity index is 462. The first-order valence-electron chi connectivity index (χ1n) is 4.69. The van der Waals surface area contributed by atoms with Crippen molar-refractivity contribution in [1.82, 2.24) is 0 Å².